The number of aliphatic hydroxyl groups excluding tert-OH is 1. The quantitative estimate of drug-likeness (QED) is 0.425. The fourth-order valence-corrected chi connectivity index (χ4v) is 2.98. The molecule has 0 fully saturated rings. The van der Waals surface area contributed by atoms with E-state index < -0.39 is 6.10 Å². The maximum Gasteiger partial charge on any atom is 0.179 e. The minimum atomic E-state index is -0.869. The summed E-state index contributed by atoms with van der Waals surface area (Å²) in [7, 11) is 3.26. The standard InChI is InChI=1S/C26H31NO6/c1-18(2)31-17-24(28)23-13-25(32-15-19-5-9-21(29-3)10-6-19)26(14-27-23)33-16-20-7-11-22(30-4)12-8-20/h5-14,18,24,28H,15-17H2,1-4H3. The molecule has 0 saturated carbocycles. The van der Waals surface area contributed by atoms with Gasteiger partial charge in [0.15, 0.2) is 11.5 Å². The third-order valence-electron chi connectivity index (χ3n) is 4.89. The molecule has 3 aromatic rings. The van der Waals surface area contributed by atoms with E-state index in [9.17, 15) is 5.11 Å². The van der Waals surface area contributed by atoms with Crippen molar-refractivity contribution in [1.29, 1.82) is 0 Å². The highest BCUT2D eigenvalue weighted by Gasteiger charge is 2.16. The Morgan fingerprint density at radius 3 is 1.79 bits per heavy atom. The van der Waals surface area contributed by atoms with E-state index in [1.54, 1.807) is 26.5 Å². The molecule has 2 aromatic carbocycles. The average molecular weight is 454 g/mol. The number of hydrogen-bond acceptors (Lipinski definition) is 7. The number of nitrogens with zero attached hydrogens (tertiary/aromatic N) is 1. The van der Waals surface area contributed by atoms with E-state index in [0.717, 1.165) is 22.6 Å². The molecule has 0 saturated heterocycles. The number of pyridine rings is 1. The maximum atomic E-state index is 10.5. The summed E-state index contributed by atoms with van der Waals surface area (Å²) in [6.07, 6.45) is 0.713. The van der Waals surface area contributed by atoms with Crippen molar-refractivity contribution in [3.8, 4) is 23.0 Å². The summed E-state index contributed by atoms with van der Waals surface area (Å²) in [6, 6.07) is 17.0. The van der Waals surface area contributed by atoms with Gasteiger partial charge in [0.1, 0.15) is 30.8 Å². The number of aromatic nitrogens is 1. The van der Waals surface area contributed by atoms with Gasteiger partial charge in [0, 0.05) is 6.07 Å². The molecule has 0 aliphatic heterocycles. The van der Waals surface area contributed by atoms with E-state index in [1.807, 2.05) is 62.4 Å². The third-order valence-corrected chi connectivity index (χ3v) is 4.89. The zero-order valence-corrected chi connectivity index (χ0v) is 19.5. The van der Waals surface area contributed by atoms with Crippen molar-refractivity contribution in [2.24, 2.45) is 0 Å². The predicted molar refractivity (Wildman–Crippen MR) is 125 cm³/mol. The van der Waals surface area contributed by atoms with Gasteiger partial charge >= 0.3 is 0 Å². The van der Waals surface area contributed by atoms with Gasteiger partial charge < -0.3 is 28.8 Å². The number of methoxy groups -OCH3 is 2. The Morgan fingerprint density at radius 1 is 0.788 bits per heavy atom. The highest BCUT2D eigenvalue weighted by molar-refractivity contribution is 5.40. The first-order chi connectivity index (χ1) is 16.0. The van der Waals surface area contributed by atoms with Gasteiger partial charge in [0.25, 0.3) is 0 Å². The third kappa shape index (κ3) is 7.37. The molecule has 7 heteroatoms. The van der Waals surface area contributed by atoms with Crippen LogP contribution in [0.5, 0.6) is 23.0 Å². The Hall–Kier alpha value is -3.29. The molecular weight excluding hydrogens is 422 g/mol. The molecular formula is C26H31NO6. The van der Waals surface area contributed by atoms with E-state index in [0.29, 0.717) is 30.4 Å². The van der Waals surface area contributed by atoms with Crippen molar-refractivity contribution < 1.29 is 28.8 Å². The number of rotatable bonds is 12. The smallest absolute Gasteiger partial charge is 0.179 e. The molecule has 0 aliphatic carbocycles. The van der Waals surface area contributed by atoms with Crippen LogP contribution in [0, 0.1) is 0 Å². The van der Waals surface area contributed by atoms with Crippen molar-refractivity contribution in [3.63, 3.8) is 0 Å². The lowest BCUT2D eigenvalue weighted by Crippen LogP contribution is -2.13. The van der Waals surface area contributed by atoms with Crippen LogP contribution in [0.1, 0.15) is 36.8 Å². The first-order valence-corrected chi connectivity index (χ1v) is 10.8. The molecule has 176 valence electrons. The second-order valence-electron chi connectivity index (χ2n) is 7.73. The minimum Gasteiger partial charge on any atom is -0.497 e. The fourth-order valence-electron chi connectivity index (χ4n) is 2.98. The zero-order chi connectivity index (χ0) is 23.6. The number of ether oxygens (including phenoxy) is 5. The number of hydrogen-bond donors (Lipinski definition) is 1. The summed E-state index contributed by atoms with van der Waals surface area (Å²) < 4.78 is 28.0. The molecule has 3 rings (SSSR count). The summed E-state index contributed by atoms with van der Waals surface area (Å²) >= 11 is 0. The van der Waals surface area contributed by atoms with Crippen molar-refractivity contribution in [1.82, 2.24) is 4.98 Å². The van der Waals surface area contributed by atoms with E-state index >= 15 is 0 Å². The average Bonchev–Trinajstić information content (AvgIpc) is 2.85. The Balaban J connectivity index is 1.75. The van der Waals surface area contributed by atoms with Crippen molar-refractivity contribution >= 4 is 0 Å². The molecule has 1 aromatic heterocycles. The molecule has 0 aliphatic rings. The summed E-state index contributed by atoms with van der Waals surface area (Å²) in [5, 5.41) is 10.5. The maximum absolute atomic E-state index is 10.5. The van der Waals surface area contributed by atoms with Crippen LogP contribution in [0.2, 0.25) is 0 Å². The van der Waals surface area contributed by atoms with Crippen LogP contribution in [-0.2, 0) is 18.0 Å². The van der Waals surface area contributed by atoms with E-state index in [-0.39, 0.29) is 12.7 Å². The van der Waals surface area contributed by atoms with Gasteiger partial charge in [-0.2, -0.15) is 0 Å². The highest BCUT2D eigenvalue weighted by Crippen LogP contribution is 2.31. The zero-order valence-electron chi connectivity index (χ0n) is 19.5. The van der Waals surface area contributed by atoms with Gasteiger partial charge in [-0.1, -0.05) is 24.3 Å². The van der Waals surface area contributed by atoms with Gasteiger partial charge in [-0.3, -0.25) is 4.98 Å². The lowest BCUT2D eigenvalue weighted by atomic mass is 10.2. The van der Waals surface area contributed by atoms with Crippen LogP contribution >= 0.6 is 0 Å². The highest BCUT2D eigenvalue weighted by atomic mass is 16.5. The van der Waals surface area contributed by atoms with Crippen LogP contribution in [0.15, 0.2) is 60.8 Å². The second kappa shape index (κ2) is 12.1. The molecule has 0 amide bonds. The van der Waals surface area contributed by atoms with Crippen molar-refractivity contribution in [2.75, 3.05) is 20.8 Å². The Bertz CT molecular complexity index is 989. The summed E-state index contributed by atoms with van der Waals surface area (Å²) in [6.45, 7) is 4.64. The predicted octanol–water partition coefficient (Wildman–Crippen LogP) is 4.72. The van der Waals surface area contributed by atoms with Gasteiger partial charge in [0.05, 0.1) is 38.8 Å². The number of benzene rings is 2. The monoisotopic (exact) mass is 453 g/mol. The van der Waals surface area contributed by atoms with E-state index in [4.69, 9.17) is 23.7 Å². The van der Waals surface area contributed by atoms with Crippen LogP contribution in [0.25, 0.3) is 0 Å². The minimum absolute atomic E-state index is 0.0116. The van der Waals surface area contributed by atoms with Crippen LogP contribution < -0.4 is 18.9 Å². The Labute approximate surface area is 194 Å². The molecule has 7 nitrogen and oxygen atoms in total. The lowest BCUT2D eigenvalue weighted by molar-refractivity contribution is 0.00312. The van der Waals surface area contributed by atoms with Crippen LogP contribution in [0.4, 0.5) is 0 Å². The van der Waals surface area contributed by atoms with Crippen LogP contribution in [0.3, 0.4) is 0 Å². The molecule has 1 heterocycles. The Morgan fingerprint density at radius 2 is 1.30 bits per heavy atom. The van der Waals surface area contributed by atoms with Gasteiger partial charge in [0.2, 0.25) is 0 Å². The largest absolute Gasteiger partial charge is 0.497 e. The van der Waals surface area contributed by atoms with Crippen LogP contribution in [-0.4, -0.2) is 37.0 Å². The SMILES string of the molecule is COc1ccc(COc2cnc(C(O)COC(C)C)cc2OCc2ccc(OC)cc2)cc1. The molecule has 1 N–H and O–H groups in total. The topological polar surface area (TPSA) is 79.3 Å². The molecule has 33 heavy (non-hydrogen) atoms. The van der Waals surface area contributed by atoms with Gasteiger partial charge in [-0.05, 0) is 49.2 Å². The number of aliphatic hydroxyl groups is 1. The van der Waals surface area contributed by atoms with Crippen molar-refractivity contribution in [2.45, 2.75) is 39.3 Å². The van der Waals surface area contributed by atoms with Gasteiger partial charge in [-0.15, -0.1) is 0 Å². The second-order valence-corrected chi connectivity index (χ2v) is 7.73. The first-order valence-electron chi connectivity index (χ1n) is 10.8. The van der Waals surface area contributed by atoms with Crippen molar-refractivity contribution in [3.05, 3.63) is 77.6 Å². The molecule has 0 radical (unpaired) electrons. The molecule has 1 unspecified atom stereocenters. The summed E-state index contributed by atoms with van der Waals surface area (Å²) in [5.74, 6) is 2.54. The normalized spacial score (nSPS) is 11.8. The molecule has 0 bridgehead atoms. The molecule has 1 atom stereocenters. The first kappa shape index (κ1) is 24.4. The fraction of sp³-hybridized carbons (Fsp3) is 0.346. The van der Waals surface area contributed by atoms with E-state index in [2.05, 4.69) is 4.98 Å². The molecule has 0 spiro atoms. The van der Waals surface area contributed by atoms with Gasteiger partial charge in [-0.25, -0.2) is 0 Å². The van der Waals surface area contributed by atoms with E-state index in [1.165, 1.54) is 0 Å². The lowest BCUT2D eigenvalue weighted by Gasteiger charge is -2.17. The Kier molecular flexibility index (Phi) is 8.92. The summed E-state index contributed by atoms with van der Waals surface area (Å²) in [5.41, 5.74) is 2.41. The summed E-state index contributed by atoms with van der Waals surface area (Å²) in [4.78, 5) is 4.36.